The minimum atomic E-state index is 0.469. The Bertz CT molecular complexity index is 1110. The third-order valence-corrected chi connectivity index (χ3v) is 5.26. The van der Waals surface area contributed by atoms with Crippen LogP contribution >= 0.6 is 0 Å². The SMILES string of the molecule is Cc1nn(-c2ccccc2)cc1-c1nc(-c2ccnc(N3CCCCC3)c2)no1. The predicted octanol–water partition coefficient (Wildman–Crippen LogP) is 4.28. The van der Waals surface area contributed by atoms with Gasteiger partial charge in [0.1, 0.15) is 5.82 Å². The van der Waals surface area contributed by atoms with Crippen molar-refractivity contribution in [2.75, 3.05) is 18.0 Å². The number of hydrogen-bond acceptors (Lipinski definition) is 6. The average molecular weight is 386 g/mol. The summed E-state index contributed by atoms with van der Waals surface area (Å²) >= 11 is 0. The van der Waals surface area contributed by atoms with Gasteiger partial charge >= 0.3 is 0 Å². The molecule has 1 aliphatic rings. The Labute approximate surface area is 169 Å². The molecule has 1 aromatic carbocycles. The summed E-state index contributed by atoms with van der Waals surface area (Å²) in [5, 5.41) is 8.79. The summed E-state index contributed by atoms with van der Waals surface area (Å²) in [4.78, 5) is 11.5. The Balaban J connectivity index is 1.44. The van der Waals surface area contributed by atoms with Crippen molar-refractivity contribution in [1.82, 2.24) is 24.9 Å². The predicted molar refractivity (Wildman–Crippen MR) is 111 cm³/mol. The van der Waals surface area contributed by atoms with Crippen molar-refractivity contribution >= 4 is 5.82 Å². The maximum absolute atomic E-state index is 5.57. The lowest BCUT2D eigenvalue weighted by Crippen LogP contribution is -2.30. The van der Waals surface area contributed by atoms with E-state index in [0.29, 0.717) is 11.7 Å². The van der Waals surface area contributed by atoms with E-state index in [0.717, 1.165) is 41.4 Å². The molecule has 0 aliphatic carbocycles. The number of nitrogens with zero attached hydrogens (tertiary/aromatic N) is 6. The number of aryl methyl sites for hydroxylation is 1. The number of rotatable bonds is 4. The summed E-state index contributed by atoms with van der Waals surface area (Å²) in [6.45, 7) is 4.04. The van der Waals surface area contributed by atoms with E-state index in [2.05, 4.69) is 25.1 Å². The summed E-state index contributed by atoms with van der Waals surface area (Å²) in [7, 11) is 0. The van der Waals surface area contributed by atoms with Crippen LogP contribution in [0.4, 0.5) is 5.82 Å². The zero-order valence-corrected chi connectivity index (χ0v) is 16.3. The quantitative estimate of drug-likeness (QED) is 0.521. The number of piperidine rings is 1. The third kappa shape index (κ3) is 3.51. The van der Waals surface area contributed by atoms with Crippen LogP contribution in [0.3, 0.4) is 0 Å². The Kier molecular flexibility index (Phi) is 4.56. The second-order valence-corrected chi connectivity index (χ2v) is 7.28. The largest absolute Gasteiger partial charge is 0.357 e. The second kappa shape index (κ2) is 7.50. The minimum absolute atomic E-state index is 0.469. The lowest BCUT2D eigenvalue weighted by molar-refractivity contribution is 0.432. The molecule has 0 saturated carbocycles. The summed E-state index contributed by atoms with van der Waals surface area (Å²) in [5.41, 5.74) is 3.57. The van der Waals surface area contributed by atoms with Crippen molar-refractivity contribution in [2.24, 2.45) is 0 Å². The Morgan fingerprint density at radius 1 is 1.00 bits per heavy atom. The molecule has 3 aromatic heterocycles. The highest BCUT2D eigenvalue weighted by Crippen LogP contribution is 2.27. The first-order valence-electron chi connectivity index (χ1n) is 9.95. The van der Waals surface area contributed by atoms with Gasteiger partial charge in [-0.05, 0) is 50.5 Å². The Morgan fingerprint density at radius 2 is 1.83 bits per heavy atom. The van der Waals surface area contributed by atoms with Crippen molar-refractivity contribution < 1.29 is 4.52 Å². The molecular formula is C22H22N6O. The molecule has 1 saturated heterocycles. The number of anilines is 1. The summed E-state index contributed by atoms with van der Waals surface area (Å²) in [5.74, 6) is 2.00. The van der Waals surface area contributed by atoms with Crippen LogP contribution < -0.4 is 4.90 Å². The van der Waals surface area contributed by atoms with Gasteiger partial charge in [-0.1, -0.05) is 23.4 Å². The van der Waals surface area contributed by atoms with E-state index in [1.54, 1.807) is 0 Å². The van der Waals surface area contributed by atoms with E-state index in [1.807, 2.05) is 66.5 Å². The molecule has 7 heteroatoms. The van der Waals surface area contributed by atoms with E-state index < -0.39 is 0 Å². The number of aromatic nitrogens is 5. The molecule has 4 aromatic rings. The van der Waals surface area contributed by atoms with Gasteiger partial charge in [0, 0.05) is 31.0 Å². The van der Waals surface area contributed by atoms with E-state index in [-0.39, 0.29) is 0 Å². The van der Waals surface area contributed by atoms with Gasteiger partial charge < -0.3 is 9.42 Å². The highest BCUT2D eigenvalue weighted by atomic mass is 16.5. The molecule has 0 N–H and O–H groups in total. The zero-order valence-electron chi connectivity index (χ0n) is 16.3. The summed E-state index contributed by atoms with van der Waals surface area (Å²) < 4.78 is 7.40. The molecule has 0 amide bonds. The first kappa shape index (κ1) is 17.6. The standard InChI is InChI=1S/C22H22N6O/c1-16-19(15-28(25-16)18-8-4-2-5-9-18)22-24-21(26-29-22)17-10-11-23-20(14-17)27-12-6-3-7-13-27/h2,4-5,8-11,14-15H,3,6-7,12-13H2,1H3. The third-order valence-electron chi connectivity index (χ3n) is 5.26. The lowest BCUT2D eigenvalue weighted by atomic mass is 10.1. The number of pyridine rings is 1. The number of benzene rings is 1. The van der Waals surface area contributed by atoms with Gasteiger partial charge in [0.15, 0.2) is 0 Å². The van der Waals surface area contributed by atoms with Crippen molar-refractivity contribution in [3.05, 3.63) is 60.6 Å². The molecular weight excluding hydrogens is 364 g/mol. The molecule has 0 unspecified atom stereocenters. The molecule has 5 rings (SSSR count). The molecule has 29 heavy (non-hydrogen) atoms. The van der Waals surface area contributed by atoms with Gasteiger partial charge in [-0.15, -0.1) is 0 Å². The van der Waals surface area contributed by atoms with Crippen molar-refractivity contribution in [3.8, 4) is 28.5 Å². The minimum Gasteiger partial charge on any atom is -0.357 e. The fourth-order valence-electron chi connectivity index (χ4n) is 3.69. The summed E-state index contributed by atoms with van der Waals surface area (Å²) in [6.07, 6.45) is 7.45. The smallest absolute Gasteiger partial charge is 0.261 e. The first-order chi connectivity index (χ1) is 14.3. The molecule has 0 spiro atoms. The van der Waals surface area contributed by atoms with Crippen LogP contribution in [0.5, 0.6) is 0 Å². The maximum atomic E-state index is 5.57. The molecule has 1 aliphatic heterocycles. The average Bonchev–Trinajstić information content (AvgIpc) is 3.42. The fraction of sp³-hybridized carbons (Fsp3) is 0.273. The van der Waals surface area contributed by atoms with E-state index in [4.69, 9.17) is 4.52 Å². The van der Waals surface area contributed by atoms with Crippen LogP contribution in [0.2, 0.25) is 0 Å². The maximum Gasteiger partial charge on any atom is 0.261 e. The van der Waals surface area contributed by atoms with Crippen molar-refractivity contribution in [3.63, 3.8) is 0 Å². The molecule has 1 fully saturated rings. The van der Waals surface area contributed by atoms with Crippen LogP contribution in [0.25, 0.3) is 28.5 Å². The number of para-hydroxylation sites is 1. The normalized spacial score (nSPS) is 14.3. The molecule has 0 atom stereocenters. The second-order valence-electron chi connectivity index (χ2n) is 7.28. The van der Waals surface area contributed by atoms with Gasteiger partial charge in [-0.25, -0.2) is 9.67 Å². The van der Waals surface area contributed by atoms with Crippen LogP contribution in [0, 0.1) is 6.92 Å². The van der Waals surface area contributed by atoms with Crippen molar-refractivity contribution in [2.45, 2.75) is 26.2 Å². The van der Waals surface area contributed by atoms with Gasteiger partial charge in [0.25, 0.3) is 5.89 Å². The van der Waals surface area contributed by atoms with Crippen LogP contribution in [0.15, 0.2) is 59.4 Å². The van der Waals surface area contributed by atoms with Crippen LogP contribution in [0.1, 0.15) is 25.0 Å². The topological polar surface area (TPSA) is 72.9 Å². The van der Waals surface area contributed by atoms with Gasteiger partial charge in [-0.2, -0.15) is 10.1 Å². The molecule has 0 bridgehead atoms. The Morgan fingerprint density at radius 3 is 2.66 bits per heavy atom. The van der Waals surface area contributed by atoms with E-state index in [9.17, 15) is 0 Å². The van der Waals surface area contributed by atoms with Gasteiger partial charge in [0.2, 0.25) is 5.82 Å². The van der Waals surface area contributed by atoms with Crippen LogP contribution in [-0.4, -0.2) is 38.0 Å². The lowest BCUT2D eigenvalue weighted by Gasteiger charge is -2.27. The van der Waals surface area contributed by atoms with Gasteiger partial charge in [0.05, 0.1) is 16.9 Å². The molecule has 0 radical (unpaired) electrons. The van der Waals surface area contributed by atoms with Crippen LogP contribution in [-0.2, 0) is 0 Å². The Hall–Kier alpha value is -3.48. The fourth-order valence-corrected chi connectivity index (χ4v) is 3.69. The van der Waals surface area contributed by atoms with Crippen molar-refractivity contribution in [1.29, 1.82) is 0 Å². The zero-order chi connectivity index (χ0) is 19.6. The highest BCUT2D eigenvalue weighted by Gasteiger charge is 2.18. The molecule has 4 heterocycles. The highest BCUT2D eigenvalue weighted by molar-refractivity contribution is 5.63. The van der Waals surface area contributed by atoms with E-state index in [1.165, 1.54) is 19.3 Å². The first-order valence-corrected chi connectivity index (χ1v) is 9.95. The van der Waals surface area contributed by atoms with Gasteiger partial charge in [-0.3, -0.25) is 0 Å². The summed E-state index contributed by atoms with van der Waals surface area (Å²) in [6, 6.07) is 13.9. The molecule has 7 nitrogen and oxygen atoms in total. The molecule has 146 valence electrons. The van der Waals surface area contributed by atoms with E-state index >= 15 is 0 Å². The number of hydrogen-bond donors (Lipinski definition) is 0. The monoisotopic (exact) mass is 386 g/mol.